The molecule has 96 valence electrons. The first-order valence-electron chi connectivity index (χ1n) is 6.30. The smallest absolute Gasteiger partial charge is 0.220 e. The zero-order chi connectivity index (χ0) is 12.5. The summed E-state index contributed by atoms with van der Waals surface area (Å²) >= 11 is 0. The van der Waals surface area contributed by atoms with Crippen molar-refractivity contribution in [3.05, 3.63) is 34.8 Å². The van der Waals surface area contributed by atoms with Crippen LogP contribution in [0.1, 0.15) is 47.5 Å². The number of oxazole rings is 1. The Balaban J connectivity index is 1.68. The van der Waals surface area contributed by atoms with Gasteiger partial charge < -0.3 is 9.15 Å². The van der Waals surface area contributed by atoms with E-state index < -0.39 is 0 Å². The number of nitrogens with zero attached hydrogens (tertiary/aromatic N) is 2. The summed E-state index contributed by atoms with van der Waals surface area (Å²) in [7, 11) is 0. The number of rotatable bonds is 3. The van der Waals surface area contributed by atoms with Crippen LogP contribution >= 0.6 is 0 Å². The molecule has 0 saturated heterocycles. The molecule has 2 heterocycles. The average molecular weight is 247 g/mol. The van der Waals surface area contributed by atoms with Crippen molar-refractivity contribution >= 4 is 0 Å². The molecule has 2 aromatic rings. The molecule has 1 N–H and O–H groups in total. The molecule has 1 aliphatic rings. The number of fused-ring (bicyclic) bond motifs is 1. The number of aromatic nitrogens is 3. The van der Waals surface area contributed by atoms with Crippen molar-refractivity contribution in [2.24, 2.45) is 0 Å². The minimum atomic E-state index is 0.0868. The van der Waals surface area contributed by atoms with E-state index in [-0.39, 0.29) is 6.10 Å². The van der Waals surface area contributed by atoms with Gasteiger partial charge in [-0.3, -0.25) is 5.10 Å². The van der Waals surface area contributed by atoms with Gasteiger partial charge in [-0.05, 0) is 38.7 Å². The highest BCUT2D eigenvalue weighted by molar-refractivity contribution is 5.21. The van der Waals surface area contributed by atoms with Crippen molar-refractivity contribution in [1.82, 2.24) is 15.2 Å². The van der Waals surface area contributed by atoms with Gasteiger partial charge in [-0.1, -0.05) is 0 Å². The molecule has 18 heavy (non-hydrogen) atoms. The fraction of sp³-hybridized carbons (Fsp3) is 0.538. The van der Waals surface area contributed by atoms with E-state index in [1.165, 1.54) is 5.56 Å². The molecular weight excluding hydrogens is 230 g/mol. The average Bonchev–Trinajstić information content (AvgIpc) is 2.94. The van der Waals surface area contributed by atoms with E-state index in [0.29, 0.717) is 12.5 Å². The van der Waals surface area contributed by atoms with Gasteiger partial charge in [0.25, 0.3) is 0 Å². The summed E-state index contributed by atoms with van der Waals surface area (Å²) < 4.78 is 11.4. The van der Waals surface area contributed by atoms with Crippen LogP contribution in [0.15, 0.2) is 10.6 Å². The van der Waals surface area contributed by atoms with Gasteiger partial charge >= 0.3 is 0 Å². The third-order valence-electron chi connectivity index (χ3n) is 3.47. The van der Waals surface area contributed by atoms with E-state index in [1.807, 2.05) is 20.0 Å². The topological polar surface area (TPSA) is 63.9 Å². The zero-order valence-corrected chi connectivity index (χ0v) is 10.7. The molecule has 3 rings (SSSR count). The Morgan fingerprint density at radius 3 is 3.17 bits per heavy atom. The largest absolute Gasteiger partial charge is 0.443 e. The molecule has 0 aromatic carbocycles. The van der Waals surface area contributed by atoms with Gasteiger partial charge in [0.05, 0.1) is 23.7 Å². The Morgan fingerprint density at radius 1 is 1.50 bits per heavy atom. The van der Waals surface area contributed by atoms with E-state index in [1.54, 1.807) is 0 Å². The minimum Gasteiger partial charge on any atom is -0.443 e. The lowest BCUT2D eigenvalue weighted by molar-refractivity contribution is 0.0140. The highest BCUT2D eigenvalue weighted by Crippen LogP contribution is 2.31. The summed E-state index contributed by atoms with van der Waals surface area (Å²) in [5, 5.41) is 7.12. The summed E-state index contributed by atoms with van der Waals surface area (Å²) in [5.41, 5.74) is 3.31. The van der Waals surface area contributed by atoms with Crippen LogP contribution in [0.2, 0.25) is 0 Å². The second-order valence-corrected chi connectivity index (χ2v) is 4.75. The van der Waals surface area contributed by atoms with Crippen molar-refractivity contribution in [3.8, 4) is 0 Å². The summed E-state index contributed by atoms with van der Waals surface area (Å²) in [6, 6.07) is 0. The van der Waals surface area contributed by atoms with Gasteiger partial charge in [0.1, 0.15) is 12.4 Å². The maximum atomic E-state index is 5.89. The van der Waals surface area contributed by atoms with Crippen LogP contribution < -0.4 is 0 Å². The van der Waals surface area contributed by atoms with Crippen LogP contribution in [0.3, 0.4) is 0 Å². The van der Waals surface area contributed by atoms with E-state index in [0.717, 1.165) is 36.4 Å². The molecule has 0 aliphatic heterocycles. The second-order valence-electron chi connectivity index (χ2n) is 4.75. The molecule has 1 atom stereocenters. The van der Waals surface area contributed by atoms with Gasteiger partial charge in [0, 0.05) is 0 Å². The van der Waals surface area contributed by atoms with Crippen LogP contribution in [0.4, 0.5) is 0 Å². The number of aryl methyl sites for hydroxylation is 3. The summed E-state index contributed by atoms with van der Waals surface area (Å²) in [4.78, 5) is 4.32. The van der Waals surface area contributed by atoms with Crippen molar-refractivity contribution in [2.75, 3.05) is 0 Å². The molecule has 0 bridgehead atoms. The minimum absolute atomic E-state index is 0.0868. The Bertz CT molecular complexity index is 525. The van der Waals surface area contributed by atoms with Crippen LogP contribution in [0, 0.1) is 13.8 Å². The highest BCUT2D eigenvalue weighted by Gasteiger charge is 2.23. The number of nitrogens with one attached hydrogen (secondary N) is 1. The molecule has 0 unspecified atom stereocenters. The number of aromatic amines is 1. The highest BCUT2D eigenvalue weighted by atomic mass is 16.5. The molecule has 0 amide bonds. The number of hydrogen-bond acceptors (Lipinski definition) is 4. The van der Waals surface area contributed by atoms with Crippen LogP contribution in [0.25, 0.3) is 0 Å². The predicted molar refractivity (Wildman–Crippen MR) is 65.0 cm³/mol. The van der Waals surface area contributed by atoms with Gasteiger partial charge in [0.2, 0.25) is 5.89 Å². The zero-order valence-electron chi connectivity index (χ0n) is 10.7. The Labute approximate surface area is 106 Å². The van der Waals surface area contributed by atoms with E-state index in [9.17, 15) is 0 Å². The fourth-order valence-corrected chi connectivity index (χ4v) is 2.36. The van der Waals surface area contributed by atoms with Crippen LogP contribution in [-0.4, -0.2) is 15.2 Å². The first-order valence-corrected chi connectivity index (χ1v) is 6.30. The maximum absolute atomic E-state index is 5.89. The molecule has 0 saturated carbocycles. The van der Waals surface area contributed by atoms with Crippen LogP contribution in [-0.2, 0) is 17.8 Å². The quantitative estimate of drug-likeness (QED) is 0.905. The number of ether oxygens (including phenoxy) is 1. The first-order chi connectivity index (χ1) is 8.74. The van der Waals surface area contributed by atoms with Crippen LogP contribution in [0.5, 0.6) is 0 Å². The SMILES string of the molecule is Cc1nc(CO[C@H]2CCCc3cn[nH]c32)oc1C. The van der Waals surface area contributed by atoms with E-state index >= 15 is 0 Å². The fourth-order valence-electron chi connectivity index (χ4n) is 2.36. The van der Waals surface area contributed by atoms with Crippen molar-refractivity contribution in [2.45, 2.75) is 45.8 Å². The third-order valence-corrected chi connectivity index (χ3v) is 3.47. The Morgan fingerprint density at radius 2 is 2.39 bits per heavy atom. The molecule has 5 nitrogen and oxygen atoms in total. The second kappa shape index (κ2) is 4.57. The van der Waals surface area contributed by atoms with Gasteiger partial charge in [-0.15, -0.1) is 0 Å². The number of H-pyrrole nitrogens is 1. The van der Waals surface area contributed by atoms with E-state index in [2.05, 4.69) is 15.2 Å². The molecule has 0 radical (unpaired) electrons. The molecule has 0 fully saturated rings. The normalized spacial score (nSPS) is 18.9. The standard InChI is InChI=1S/C13H17N3O2/c1-8-9(2)18-12(15-8)7-17-11-5-3-4-10-6-14-16-13(10)11/h6,11H,3-5,7H2,1-2H3,(H,14,16)/t11-/m0/s1. The molecule has 0 spiro atoms. The molecule has 2 aromatic heterocycles. The van der Waals surface area contributed by atoms with Gasteiger partial charge in [0.15, 0.2) is 0 Å². The van der Waals surface area contributed by atoms with Crippen molar-refractivity contribution < 1.29 is 9.15 Å². The van der Waals surface area contributed by atoms with Crippen molar-refractivity contribution in [1.29, 1.82) is 0 Å². The summed E-state index contributed by atoms with van der Waals surface area (Å²) in [6.45, 7) is 4.27. The van der Waals surface area contributed by atoms with Gasteiger partial charge in [-0.2, -0.15) is 5.10 Å². The third kappa shape index (κ3) is 2.06. The Kier molecular flexibility index (Phi) is 2.91. The predicted octanol–water partition coefficient (Wildman–Crippen LogP) is 2.61. The number of hydrogen-bond donors (Lipinski definition) is 1. The van der Waals surface area contributed by atoms with E-state index in [4.69, 9.17) is 9.15 Å². The maximum Gasteiger partial charge on any atom is 0.220 e. The van der Waals surface area contributed by atoms with Crippen molar-refractivity contribution in [3.63, 3.8) is 0 Å². The molecular formula is C13H17N3O2. The van der Waals surface area contributed by atoms with Gasteiger partial charge in [-0.25, -0.2) is 4.98 Å². The lowest BCUT2D eigenvalue weighted by Crippen LogP contribution is -2.12. The summed E-state index contributed by atoms with van der Waals surface area (Å²) in [6.07, 6.45) is 5.23. The lowest BCUT2D eigenvalue weighted by Gasteiger charge is -2.21. The first kappa shape index (κ1) is 11.5. The lowest BCUT2D eigenvalue weighted by atomic mass is 9.96. The molecule has 5 heteroatoms. The Hall–Kier alpha value is -1.62. The monoisotopic (exact) mass is 247 g/mol. The molecule has 1 aliphatic carbocycles. The summed E-state index contributed by atoms with van der Waals surface area (Å²) in [5.74, 6) is 1.51.